The molecule has 0 fully saturated rings. The molecular weight excluding hydrogens is 283 g/mol. The van der Waals surface area contributed by atoms with Crippen LogP contribution in [0.3, 0.4) is 0 Å². The molecular formula is C15H10F3NS. The predicted octanol–water partition coefficient (Wildman–Crippen LogP) is 5.29. The summed E-state index contributed by atoms with van der Waals surface area (Å²) in [6, 6.07) is 11.2. The van der Waals surface area contributed by atoms with Crippen molar-refractivity contribution in [1.82, 2.24) is 4.98 Å². The predicted molar refractivity (Wildman–Crippen MR) is 74.8 cm³/mol. The average Bonchev–Trinajstić information content (AvgIpc) is 2.77. The molecule has 102 valence electrons. The van der Waals surface area contributed by atoms with Gasteiger partial charge < -0.3 is 0 Å². The zero-order valence-corrected chi connectivity index (χ0v) is 11.3. The van der Waals surface area contributed by atoms with E-state index < -0.39 is 11.7 Å². The smallest absolute Gasteiger partial charge is 0.241 e. The van der Waals surface area contributed by atoms with Crippen LogP contribution in [0.15, 0.2) is 42.5 Å². The zero-order valence-electron chi connectivity index (χ0n) is 10.5. The van der Waals surface area contributed by atoms with E-state index in [-0.39, 0.29) is 5.56 Å². The van der Waals surface area contributed by atoms with E-state index in [0.717, 1.165) is 15.8 Å². The van der Waals surface area contributed by atoms with Crippen LogP contribution in [0.5, 0.6) is 0 Å². The number of thiazole rings is 1. The number of benzene rings is 2. The number of halogens is 3. The maximum absolute atomic E-state index is 13.2. The highest BCUT2D eigenvalue weighted by Gasteiger charge is 2.35. The van der Waals surface area contributed by atoms with Crippen molar-refractivity contribution in [2.75, 3.05) is 0 Å². The highest BCUT2D eigenvalue weighted by molar-refractivity contribution is 7.18. The summed E-state index contributed by atoms with van der Waals surface area (Å²) in [4.78, 5) is 4.28. The Balaban J connectivity index is 2.41. The number of alkyl halides is 3. The first-order valence-electron chi connectivity index (χ1n) is 5.99. The van der Waals surface area contributed by atoms with Gasteiger partial charge in [-0.1, -0.05) is 30.3 Å². The van der Waals surface area contributed by atoms with Gasteiger partial charge in [0.1, 0.15) is 0 Å². The van der Waals surface area contributed by atoms with Crippen molar-refractivity contribution in [3.63, 3.8) is 0 Å². The molecule has 20 heavy (non-hydrogen) atoms. The first kappa shape index (κ1) is 13.1. The van der Waals surface area contributed by atoms with E-state index in [9.17, 15) is 13.2 Å². The summed E-state index contributed by atoms with van der Waals surface area (Å²) in [5.74, 6) is 0. The SMILES string of the molecule is Cc1nc2c(-c3ccccc3)c(C(F)(F)F)ccc2s1. The van der Waals surface area contributed by atoms with Crippen molar-refractivity contribution in [2.45, 2.75) is 13.1 Å². The second-order valence-electron chi connectivity index (χ2n) is 4.43. The van der Waals surface area contributed by atoms with Crippen LogP contribution in [-0.4, -0.2) is 4.98 Å². The minimum atomic E-state index is -4.39. The number of nitrogens with zero attached hydrogens (tertiary/aromatic N) is 1. The van der Waals surface area contributed by atoms with Gasteiger partial charge in [0.05, 0.1) is 20.8 Å². The molecule has 0 N–H and O–H groups in total. The van der Waals surface area contributed by atoms with Gasteiger partial charge in [0.25, 0.3) is 0 Å². The zero-order chi connectivity index (χ0) is 14.3. The molecule has 3 rings (SSSR count). The molecule has 0 unspecified atom stereocenters. The lowest BCUT2D eigenvalue weighted by Gasteiger charge is -2.13. The molecule has 0 amide bonds. The highest BCUT2D eigenvalue weighted by atomic mass is 32.1. The Hall–Kier alpha value is -1.88. The van der Waals surface area contributed by atoms with Crippen molar-refractivity contribution in [3.8, 4) is 11.1 Å². The van der Waals surface area contributed by atoms with Crippen LogP contribution in [0, 0.1) is 6.92 Å². The first-order valence-corrected chi connectivity index (χ1v) is 6.81. The molecule has 0 aliphatic rings. The average molecular weight is 293 g/mol. The molecule has 1 nitrogen and oxygen atoms in total. The summed E-state index contributed by atoms with van der Waals surface area (Å²) >= 11 is 1.40. The summed E-state index contributed by atoms with van der Waals surface area (Å²) in [5, 5.41) is 0.761. The number of aryl methyl sites for hydroxylation is 1. The van der Waals surface area contributed by atoms with Crippen molar-refractivity contribution in [3.05, 3.63) is 53.0 Å². The number of hydrogen-bond donors (Lipinski definition) is 0. The molecule has 0 saturated heterocycles. The van der Waals surface area contributed by atoms with Crippen LogP contribution in [0.2, 0.25) is 0 Å². The minimum Gasteiger partial charge on any atom is -0.241 e. The molecule has 3 aromatic rings. The van der Waals surface area contributed by atoms with E-state index in [1.165, 1.54) is 17.4 Å². The normalized spacial score (nSPS) is 12.0. The summed E-state index contributed by atoms with van der Waals surface area (Å²) in [7, 11) is 0. The molecule has 0 saturated carbocycles. The molecule has 0 spiro atoms. The molecule has 0 aliphatic heterocycles. The van der Waals surface area contributed by atoms with Gasteiger partial charge in [-0.15, -0.1) is 11.3 Å². The van der Waals surface area contributed by atoms with Gasteiger partial charge in [0, 0.05) is 5.56 Å². The molecule has 0 radical (unpaired) electrons. The number of fused-ring (bicyclic) bond motifs is 1. The van der Waals surface area contributed by atoms with Crippen molar-refractivity contribution < 1.29 is 13.2 Å². The van der Waals surface area contributed by atoms with E-state index >= 15 is 0 Å². The molecule has 2 aromatic carbocycles. The Labute approximate surface area is 117 Å². The van der Waals surface area contributed by atoms with Crippen molar-refractivity contribution in [2.24, 2.45) is 0 Å². The summed E-state index contributed by atoms with van der Waals surface area (Å²) in [5.41, 5.74) is 0.491. The quantitative estimate of drug-likeness (QED) is 0.594. The Bertz CT molecular complexity index is 760. The lowest BCUT2D eigenvalue weighted by molar-refractivity contribution is -0.137. The number of rotatable bonds is 1. The van der Waals surface area contributed by atoms with E-state index in [1.807, 2.05) is 0 Å². The molecule has 5 heteroatoms. The standard InChI is InChI=1S/C15H10F3NS/c1-9-19-14-12(20-9)8-7-11(15(16,17)18)13(14)10-5-3-2-4-6-10/h2-8H,1H3. The van der Waals surface area contributed by atoms with Crippen LogP contribution < -0.4 is 0 Å². The fourth-order valence-electron chi connectivity index (χ4n) is 2.24. The van der Waals surface area contributed by atoms with Gasteiger partial charge in [-0.2, -0.15) is 13.2 Å². The van der Waals surface area contributed by atoms with Gasteiger partial charge in [-0.05, 0) is 24.6 Å². The summed E-state index contributed by atoms with van der Waals surface area (Å²) in [6.45, 7) is 1.80. The van der Waals surface area contributed by atoms with Crippen LogP contribution >= 0.6 is 11.3 Å². The lowest BCUT2D eigenvalue weighted by atomic mass is 9.98. The Morgan fingerprint density at radius 2 is 1.70 bits per heavy atom. The third-order valence-corrected chi connectivity index (χ3v) is 3.97. The van der Waals surface area contributed by atoms with E-state index in [1.54, 1.807) is 37.3 Å². The third kappa shape index (κ3) is 2.18. The second-order valence-corrected chi connectivity index (χ2v) is 5.67. The van der Waals surface area contributed by atoms with Crippen molar-refractivity contribution in [1.29, 1.82) is 0 Å². The minimum absolute atomic E-state index is 0.167. The fourth-order valence-corrected chi connectivity index (χ4v) is 3.07. The molecule has 0 bridgehead atoms. The van der Waals surface area contributed by atoms with Gasteiger partial charge in [0.15, 0.2) is 0 Å². The number of aromatic nitrogens is 1. The fraction of sp³-hybridized carbons (Fsp3) is 0.133. The Kier molecular flexibility index (Phi) is 3.01. The third-order valence-electron chi connectivity index (χ3n) is 3.04. The van der Waals surface area contributed by atoms with E-state index in [4.69, 9.17) is 0 Å². The van der Waals surface area contributed by atoms with Crippen LogP contribution in [0.1, 0.15) is 10.6 Å². The monoisotopic (exact) mass is 293 g/mol. The van der Waals surface area contributed by atoms with Gasteiger partial charge in [-0.25, -0.2) is 4.98 Å². The van der Waals surface area contributed by atoms with Gasteiger partial charge in [-0.3, -0.25) is 0 Å². The Morgan fingerprint density at radius 3 is 2.35 bits per heavy atom. The Morgan fingerprint density at radius 1 is 1.00 bits per heavy atom. The van der Waals surface area contributed by atoms with Gasteiger partial charge in [0.2, 0.25) is 0 Å². The molecule has 1 aromatic heterocycles. The topological polar surface area (TPSA) is 12.9 Å². The first-order chi connectivity index (χ1) is 9.47. The van der Waals surface area contributed by atoms with E-state index in [2.05, 4.69) is 4.98 Å². The van der Waals surface area contributed by atoms with Gasteiger partial charge >= 0.3 is 6.18 Å². The van der Waals surface area contributed by atoms with Crippen molar-refractivity contribution >= 4 is 21.6 Å². The second kappa shape index (κ2) is 4.59. The lowest BCUT2D eigenvalue weighted by Crippen LogP contribution is -2.07. The maximum atomic E-state index is 13.2. The maximum Gasteiger partial charge on any atom is 0.417 e. The molecule has 0 aliphatic carbocycles. The number of hydrogen-bond acceptors (Lipinski definition) is 2. The largest absolute Gasteiger partial charge is 0.417 e. The highest BCUT2D eigenvalue weighted by Crippen LogP contribution is 2.41. The molecule has 1 heterocycles. The van der Waals surface area contributed by atoms with Crippen LogP contribution in [0.4, 0.5) is 13.2 Å². The van der Waals surface area contributed by atoms with Crippen LogP contribution in [0.25, 0.3) is 21.3 Å². The molecule has 0 atom stereocenters. The summed E-state index contributed by atoms with van der Waals surface area (Å²) in [6.07, 6.45) is -4.39. The van der Waals surface area contributed by atoms with Crippen LogP contribution in [-0.2, 0) is 6.18 Å². The van der Waals surface area contributed by atoms with E-state index in [0.29, 0.717) is 11.1 Å². The summed E-state index contributed by atoms with van der Waals surface area (Å²) < 4.78 is 40.5.